The number of hydrogen-bond donors (Lipinski definition) is 1. The second-order valence-corrected chi connectivity index (χ2v) is 11.4. The minimum Gasteiger partial charge on any atom is -0.497 e. The summed E-state index contributed by atoms with van der Waals surface area (Å²) < 4.78 is 32.5. The van der Waals surface area contributed by atoms with Crippen LogP contribution in [-0.2, 0) is 36.1 Å². The molecule has 1 fully saturated rings. The van der Waals surface area contributed by atoms with Crippen LogP contribution in [0.3, 0.4) is 0 Å². The van der Waals surface area contributed by atoms with Crippen molar-refractivity contribution in [1.29, 1.82) is 0 Å². The number of rotatable bonds is 10. The second kappa shape index (κ2) is 13.0. The van der Waals surface area contributed by atoms with Crippen molar-refractivity contribution >= 4 is 34.9 Å². The highest BCUT2D eigenvalue weighted by Gasteiger charge is 2.74. The average Bonchev–Trinajstić information content (AvgIpc) is 3.56. The third kappa shape index (κ3) is 5.22. The third-order valence-corrected chi connectivity index (χ3v) is 8.76. The Morgan fingerprint density at radius 2 is 1.53 bits per heavy atom. The number of nitrogens with one attached hydrogen (secondary N) is 1. The summed E-state index contributed by atoms with van der Waals surface area (Å²) >= 11 is 0. The van der Waals surface area contributed by atoms with Crippen LogP contribution in [0.1, 0.15) is 36.6 Å². The molecule has 0 radical (unpaired) electrons. The van der Waals surface area contributed by atoms with E-state index in [0.29, 0.717) is 17.0 Å². The summed E-state index contributed by atoms with van der Waals surface area (Å²) in [6.07, 6.45) is 0. The van der Waals surface area contributed by atoms with Crippen LogP contribution in [0.4, 0.5) is 21.5 Å². The average molecular weight is 669 g/mol. The van der Waals surface area contributed by atoms with Crippen LogP contribution in [-0.4, -0.2) is 48.6 Å². The number of nitro benzene ring substituents is 1. The highest BCUT2D eigenvalue weighted by atomic mass is 19.1. The maximum atomic E-state index is 16.1. The van der Waals surface area contributed by atoms with E-state index in [1.165, 1.54) is 53.3 Å². The molecule has 2 aliphatic heterocycles. The molecule has 2 atom stereocenters. The van der Waals surface area contributed by atoms with E-state index in [2.05, 4.69) is 5.32 Å². The van der Waals surface area contributed by atoms with E-state index in [0.717, 1.165) is 0 Å². The SMILES string of the molecule is CCOC(=O)C1(C(=O)OCC)N[C@]2(C(=O)N(Cc3ccccc3)c3c(F)cccc32)N(c2ccc(OC)cc2)[C@H]1c1ccc([N+](=O)[O-])cc1. The number of halogens is 1. The number of ether oxygens (including phenoxy) is 3. The van der Waals surface area contributed by atoms with E-state index < -0.39 is 45.8 Å². The molecule has 2 aliphatic rings. The topological polar surface area (TPSA) is 141 Å². The lowest BCUT2D eigenvalue weighted by atomic mass is 9.85. The number of carbonyl (C=O) groups is 3. The molecule has 0 unspecified atom stereocenters. The van der Waals surface area contributed by atoms with Gasteiger partial charge in [0.2, 0.25) is 11.2 Å². The minimum absolute atomic E-state index is 0.0402. The molecule has 1 amide bonds. The van der Waals surface area contributed by atoms with E-state index in [4.69, 9.17) is 14.2 Å². The molecule has 1 N–H and O–H groups in total. The Hall–Kier alpha value is -5.82. The lowest BCUT2D eigenvalue weighted by Gasteiger charge is -2.39. The summed E-state index contributed by atoms with van der Waals surface area (Å²) in [4.78, 5) is 57.9. The number of anilines is 2. The highest BCUT2D eigenvalue weighted by molar-refractivity contribution is 6.15. The summed E-state index contributed by atoms with van der Waals surface area (Å²) in [6.45, 7) is 2.82. The zero-order chi connectivity index (χ0) is 34.9. The molecule has 6 rings (SSSR count). The number of fused-ring (bicyclic) bond motifs is 2. The zero-order valence-corrected chi connectivity index (χ0v) is 26.9. The van der Waals surface area contributed by atoms with Gasteiger partial charge < -0.3 is 24.0 Å². The van der Waals surface area contributed by atoms with Gasteiger partial charge in [-0.15, -0.1) is 0 Å². The van der Waals surface area contributed by atoms with Gasteiger partial charge in [0.1, 0.15) is 11.6 Å². The Morgan fingerprint density at radius 3 is 2.10 bits per heavy atom. The van der Waals surface area contributed by atoms with Crippen LogP contribution in [0.2, 0.25) is 0 Å². The molecule has 0 bridgehead atoms. The van der Waals surface area contributed by atoms with Gasteiger partial charge in [-0.1, -0.05) is 54.6 Å². The number of benzene rings is 4. The second-order valence-electron chi connectivity index (χ2n) is 11.4. The number of methoxy groups -OCH3 is 1. The van der Waals surface area contributed by atoms with Gasteiger partial charge in [0.05, 0.1) is 43.5 Å². The van der Waals surface area contributed by atoms with Crippen molar-refractivity contribution in [1.82, 2.24) is 5.32 Å². The number of esters is 2. The zero-order valence-electron chi connectivity index (χ0n) is 26.9. The van der Waals surface area contributed by atoms with E-state index >= 15 is 9.18 Å². The maximum absolute atomic E-state index is 16.1. The first-order chi connectivity index (χ1) is 23.6. The molecule has 13 heteroatoms. The summed E-state index contributed by atoms with van der Waals surface area (Å²) in [5.74, 6) is -3.02. The van der Waals surface area contributed by atoms with Gasteiger partial charge in [0.15, 0.2) is 0 Å². The monoisotopic (exact) mass is 668 g/mol. The fraction of sp³-hybridized carbons (Fsp3) is 0.250. The molecule has 4 aromatic rings. The van der Waals surface area contributed by atoms with Crippen molar-refractivity contribution in [2.75, 3.05) is 30.1 Å². The van der Waals surface area contributed by atoms with Crippen molar-refractivity contribution in [3.8, 4) is 5.75 Å². The molecule has 0 aliphatic carbocycles. The molecular formula is C36H33FN4O8. The van der Waals surface area contributed by atoms with Crippen molar-refractivity contribution < 1.29 is 37.9 Å². The van der Waals surface area contributed by atoms with Gasteiger partial charge in [-0.2, -0.15) is 0 Å². The molecule has 0 aromatic heterocycles. The summed E-state index contributed by atoms with van der Waals surface area (Å²) in [6, 6.07) is 23.6. The van der Waals surface area contributed by atoms with Crippen LogP contribution in [0.15, 0.2) is 97.1 Å². The molecule has 4 aromatic carbocycles. The van der Waals surface area contributed by atoms with Crippen molar-refractivity contribution in [2.45, 2.75) is 37.6 Å². The van der Waals surface area contributed by atoms with Gasteiger partial charge >= 0.3 is 11.9 Å². The number of para-hydroxylation sites is 1. The summed E-state index contributed by atoms with van der Waals surface area (Å²) in [5.41, 5.74) is -3.44. The Bertz CT molecular complexity index is 1890. The minimum atomic E-state index is -2.44. The van der Waals surface area contributed by atoms with Crippen LogP contribution in [0.25, 0.3) is 0 Å². The largest absolute Gasteiger partial charge is 0.497 e. The Kier molecular flexibility index (Phi) is 8.78. The molecule has 12 nitrogen and oxygen atoms in total. The molecule has 1 spiro atoms. The summed E-state index contributed by atoms with van der Waals surface area (Å²) in [7, 11) is 1.49. The number of non-ortho nitro benzene ring substituents is 1. The number of nitrogens with zero attached hydrogens (tertiary/aromatic N) is 3. The molecule has 1 saturated heterocycles. The predicted octanol–water partition coefficient (Wildman–Crippen LogP) is 5.16. The molecule has 49 heavy (non-hydrogen) atoms. The van der Waals surface area contributed by atoms with E-state index in [9.17, 15) is 19.7 Å². The molecule has 252 valence electrons. The highest BCUT2D eigenvalue weighted by Crippen LogP contribution is 2.57. The van der Waals surface area contributed by atoms with Crippen molar-refractivity contribution in [3.05, 3.63) is 130 Å². The van der Waals surface area contributed by atoms with Crippen LogP contribution < -0.4 is 19.9 Å². The first kappa shape index (κ1) is 33.1. The fourth-order valence-electron chi connectivity index (χ4n) is 6.73. The van der Waals surface area contributed by atoms with Crippen LogP contribution in [0.5, 0.6) is 5.75 Å². The van der Waals surface area contributed by atoms with Crippen molar-refractivity contribution in [2.24, 2.45) is 0 Å². The number of hydrogen-bond acceptors (Lipinski definition) is 10. The van der Waals surface area contributed by atoms with Crippen LogP contribution in [0, 0.1) is 15.9 Å². The Morgan fingerprint density at radius 1 is 0.898 bits per heavy atom. The van der Waals surface area contributed by atoms with Crippen molar-refractivity contribution in [3.63, 3.8) is 0 Å². The number of amides is 1. The molecular weight excluding hydrogens is 635 g/mol. The van der Waals surface area contributed by atoms with E-state index in [1.54, 1.807) is 68.4 Å². The quantitative estimate of drug-likeness (QED) is 0.104. The normalized spacial score (nSPS) is 19.1. The number of nitro groups is 1. The lowest BCUT2D eigenvalue weighted by molar-refractivity contribution is -0.384. The van der Waals surface area contributed by atoms with E-state index in [-0.39, 0.29) is 42.3 Å². The first-order valence-electron chi connectivity index (χ1n) is 15.6. The van der Waals surface area contributed by atoms with Gasteiger partial charge in [-0.25, -0.2) is 14.0 Å². The predicted molar refractivity (Wildman–Crippen MR) is 176 cm³/mol. The standard InChI is InChI=1S/C36H33FN4O8/c1-4-48-33(43)35(34(44)49-5-2)31(24-14-16-26(17-15-24)41(45)46)40(25-18-20-27(47-3)21-19-25)36(38-35)28-12-9-13-29(37)30(28)39(32(36)42)22-23-10-7-6-8-11-23/h6-21,31,38H,4-5,22H2,1-3H3/t31-,36-/m0/s1. The first-order valence-corrected chi connectivity index (χ1v) is 15.6. The fourth-order valence-corrected chi connectivity index (χ4v) is 6.73. The van der Waals surface area contributed by atoms with Gasteiger partial charge in [-0.3, -0.25) is 20.2 Å². The Balaban J connectivity index is 1.71. The smallest absolute Gasteiger partial charge is 0.340 e. The van der Waals surface area contributed by atoms with Gasteiger partial charge in [0.25, 0.3) is 11.6 Å². The van der Waals surface area contributed by atoms with Gasteiger partial charge in [-0.05, 0) is 55.3 Å². The van der Waals surface area contributed by atoms with Gasteiger partial charge in [0, 0.05) is 23.4 Å². The molecule has 0 saturated carbocycles. The maximum Gasteiger partial charge on any atom is 0.340 e. The third-order valence-electron chi connectivity index (χ3n) is 8.76. The Labute approximate surface area is 281 Å². The molecule has 2 heterocycles. The lowest BCUT2D eigenvalue weighted by Crippen LogP contribution is -2.64. The van der Waals surface area contributed by atoms with E-state index in [1.807, 2.05) is 6.07 Å². The van der Waals surface area contributed by atoms with Crippen LogP contribution >= 0.6 is 0 Å². The number of carbonyl (C=O) groups excluding carboxylic acids is 3. The summed E-state index contributed by atoms with van der Waals surface area (Å²) in [5, 5.41) is 14.7.